The molecule has 0 saturated carbocycles. The third kappa shape index (κ3) is 4.25. The van der Waals surface area contributed by atoms with Crippen LogP contribution in [-0.2, 0) is 19.7 Å². The minimum absolute atomic E-state index is 0.00168. The van der Waals surface area contributed by atoms with Crippen LogP contribution in [0.25, 0.3) is 0 Å². The Bertz CT molecular complexity index is 970. The fourth-order valence-electron chi connectivity index (χ4n) is 3.17. The lowest BCUT2D eigenvalue weighted by Gasteiger charge is -2.21. The number of amides is 3. The number of ether oxygens (including phenoxy) is 1. The molecule has 2 aromatic carbocycles. The molecule has 0 aromatic heterocycles. The topological polar surface area (TPSA) is 92.8 Å². The van der Waals surface area contributed by atoms with Gasteiger partial charge in [0.15, 0.2) is 6.61 Å². The summed E-state index contributed by atoms with van der Waals surface area (Å²) in [6.07, 6.45) is 0. The molecule has 30 heavy (non-hydrogen) atoms. The third-order valence-electron chi connectivity index (χ3n) is 4.93. The molecule has 0 saturated heterocycles. The normalized spacial score (nSPS) is 14.3. The van der Waals surface area contributed by atoms with Crippen molar-refractivity contribution in [1.29, 1.82) is 0 Å². The van der Waals surface area contributed by atoms with E-state index in [4.69, 9.17) is 4.74 Å². The van der Waals surface area contributed by atoms with Crippen molar-refractivity contribution in [1.82, 2.24) is 4.90 Å². The Morgan fingerprint density at radius 3 is 2.00 bits per heavy atom. The lowest BCUT2D eigenvalue weighted by Crippen LogP contribution is -2.44. The average Bonchev–Trinajstić information content (AvgIpc) is 2.96. The molecule has 0 bridgehead atoms. The zero-order valence-electron chi connectivity index (χ0n) is 17.4. The van der Waals surface area contributed by atoms with Gasteiger partial charge < -0.3 is 10.1 Å². The Hall–Kier alpha value is -3.48. The average molecular weight is 408 g/mol. The summed E-state index contributed by atoms with van der Waals surface area (Å²) in [5, 5.41) is 2.65. The fourth-order valence-corrected chi connectivity index (χ4v) is 3.17. The number of carbonyl (C=O) groups excluding carboxylic acids is 4. The maximum absolute atomic E-state index is 12.4. The molecule has 1 heterocycles. The molecule has 1 atom stereocenters. The van der Waals surface area contributed by atoms with Gasteiger partial charge in [0.25, 0.3) is 17.7 Å². The molecule has 7 nitrogen and oxygen atoms in total. The van der Waals surface area contributed by atoms with Crippen LogP contribution in [0.15, 0.2) is 48.5 Å². The molecule has 7 heteroatoms. The minimum atomic E-state index is -1.14. The van der Waals surface area contributed by atoms with Gasteiger partial charge in [0.2, 0.25) is 0 Å². The Labute approximate surface area is 175 Å². The molecule has 0 radical (unpaired) electrons. The summed E-state index contributed by atoms with van der Waals surface area (Å²) in [6, 6.07) is 12.6. The van der Waals surface area contributed by atoms with Gasteiger partial charge in [0.1, 0.15) is 6.04 Å². The molecule has 156 valence electrons. The van der Waals surface area contributed by atoms with Crippen LogP contribution in [0, 0.1) is 0 Å². The number of nitrogens with zero attached hydrogens (tertiary/aromatic N) is 1. The van der Waals surface area contributed by atoms with Crippen molar-refractivity contribution in [3.8, 4) is 0 Å². The smallest absolute Gasteiger partial charge is 0.329 e. The Morgan fingerprint density at radius 1 is 0.967 bits per heavy atom. The van der Waals surface area contributed by atoms with Crippen LogP contribution in [0.5, 0.6) is 0 Å². The monoisotopic (exact) mass is 408 g/mol. The molecular formula is C23H24N2O5. The van der Waals surface area contributed by atoms with Crippen LogP contribution in [0.2, 0.25) is 0 Å². The Morgan fingerprint density at radius 2 is 1.50 bits per heavy atom. The largest absolute Gasteiger partial charge is 0.454 e. The summed E-state index contributed by atoms with van der Waals surface area (Å²) >= 11 is 0. The van der Waals surface area contributed by atoms with E-state index in [1.807, 2.05) is 12.1 Å². The molecule has 3 rings (SSSR count). The molecule has 1 aliphatic heterocycles. The highest BCUT2D eigenvalue weighted by Crippen LogP contribution is 2.25. The van der Waals surface area contributed by atoms with Crippen molar-refractivity contribution in [2.75, 3.05) is 11.9 Å². The van der Waals surface area contributed by atoms with E-state index in [0.717, 1.165) is 10.5 Å². The SMILES string of the molecule is CC(C(=O)OCC(=O)Nc1ccc(C(C)(C)C)cc1)N1C(=O)c2ccccc2C1=O. The molecule has 3 amide bonds. The summed E-state index contributed by atoms with van der Waals surface area (Å²) in [5.41, 5.74) is 2.20. The summed E-state index contributed by atoms with van der Waals surface area (Å²) in [6.45, 7) is 7.15. The maximum Gasteiger partial charge on any atom is 0.329 e. The van der Waals surface area contributed by atoms with Crippen LogP contribution in [0.1, 0.15) is 54.0 Å². The first-order valence-electron chi connectivity index (χ1n) is 9.63. The van der Waals surface area contributed by atoms with E-state index < -0.39 is 36.3 Å². The Balaban J connectivity index is 1.56. The van der Waals surface area contributed by atoms with Crippen LogP contribution in [0.4, 0.5) is 5.69 Å². The van der Waals surface area contributed by atoms with Crippen molar-refractivity contribution in [3.05, 3.63) is 65.2 Å². The van der Waals surface area contributed by atoms with E-state index in [1.54, 1.807) is 24.3 Å². The molecule has 0 aliphatic carbocycles. The first kappa shape index (κ1) is 21.2. The van der Waals surface area contributed by atoms with Gasteiger partial charge in [-0.2, -0.15) is 0 Å². The fraction of sp³-hybridized carbons (Fsp3) is 0.304. The van der Waals surface area contributed by atoms with E-state index in [1.165, 1.54) is 19.1 Å². The molecule has 0 spiro atoms. The molecule has 1 N–H and O–H groups in total. The van der Waals surface area contributed by atoms with E-state index in [-0.39, 0.29) is 16.5 Å². The van der Waals surface area contributed by atoms with Crippen LogP contribution in [0.3, 0.4) is 0 Å². The molecule has 1 aliphatic rings. The summed E-state index contributed by atoms with van der Waals surface area (Å²) in [7, 11) is 0. The van der Waals surface area contributed by atoms with Gasteiger partial charge in [0.05, 0.1) is 11.1 Å². The maximum atomic E-state index is 12.4. The minimum Gasteiger partial charge on any atom is -0.454 e. The quantitative estimate of drug-likeness (QED) is 0.606. The van der Waals surface area contributed by atoms with Gasteiger partial charge in [-0.25, -0.2) is 4.79 Å². The van der Waals surface area contributed by atoms with E-state index in [9.17, 15) is 19.2 Å². The molecular weight excluding hydrogens is 384 g/mol. The third-order valence-corrected chi connectivity index (χ3v) is 4.93. The number of nitrogens with one attached hydrogen (secondary N) is 1. The standard InChI is InChI=1S/C23H24N2O5/c1-14(25-20(27)17-7-5-6-8-18(17)21(25)28)22(29)30-13-19(26)24-16-11-9-15(10-12-16)23(2,3)4/h5-12,14H,13H2,1-4H3,(H,24,26). The van der Waals surface area contributed by atoms with E-state index in [2.05, 4.69) is 26.1 Å². The predicted octanol–water partition coefficient (Wildman–Crippen LogP) is 3.15. The summed E-state index contributed by atoms with van der Waals surface area (Å²) < 4.78 is 5.03. The molecule has 2 aromatic rings. The second-order valence-corrected chi connectivity index (χ2v) is 8.19. The summed E-state index contributed by atoms with van der Waals surface area (Å²) in [4.78, 5) is 50.2. The Kier molecular flexibility index (Phi) is 5.73. The number of hydrogen-bond donors (Lipinski definition) is 1. The zero-order valence-corrected chi connectivity index (χ0v) is 17.4. The number of carbonyl (C=O) groups is 4. The van der Waals surface area contributed by atoms with Crippen molar-refractivity contribution in [2.24, 2.45) is 0 Å². The lowest BCUT2D eigenvalue weighted by molar-refractivity contribution is -0.150. The number of anilines is 1. The highest BCUT2D eigenvalue weighted by molar-refractivity contribution is 6.22. The first-order chi connectivity index (χ1) is 14.1. The highest BCUT2D eigenvalue weighted by Gasteiger charge is 2.41. The van der Waals surface area contributed by atoms with Gasteiger partial charge in [-0.1, -0.05) is 45.0 Å². The van der Waals surface area contributed by atoms with Gasteiger partial charge in [-0.15, -0.1) is 0 Å². The van der Waals surface area contributed by atoms with Crippen LogP contribution in [-0.4, -0.2) is 41.2 Å². The second-order valence-electron chi connectivity index (χ2n) is 8.19. The van der Waals surface area contributed by atoms with Crippen molar-refractivity contribution in [2.45, 2.75) is 39.2 Å². The van der Waals surface area contributed by atoms with Crippen LogP contribution >= 0.6 is 0 Å². The number of fused-ring (bicyclic) bond motifs is 1. The van der Waals surface area contributed by atoms with Crippen molar-refractivity contribution < 1.29 is 23.9 Å². The zero-order chi connectivity index (χ0) is 22.1. The van der Waals surface area contributed by atoms with Gasteiger partial charge in [0, 0.05) is 5.69 Å². The van der Waals surface area contributed by atoms with Crippen LogP contribution < -0.4 is 5.32 Å². The van der Waals surface area contributed by atoms with Crippen molar-refractivity contribution >= 4 is 29.4 Å². The number of imide groups is 1. The predicted molar refractivity (Wildman–Crippen MR) is 111 cm³/mol. The highest BCUT2D eigenvalue weighted by atomic mass is 16.5. The number of esters is 1. The van der Waals surface area contributed by atoms with Crippen molar-refractivity contribution in [3.63, 3.8) is 0 Å². The summed E-state index contributed by atoms with van der Waals surface area (Å²) in [5.74, 6) is -2.45. The lowest BCUT2D eigenvalue weighted by atomic mass is 9.87. The number of hydrogen-bond acceptors (Lipinski definition) is 5. The number of benzene rings is 2. The van der Waals surface area contributed by atoms with Gasteiger partial charge >= 0.3 is 5.97 Å². The van der Waals surface area contributed by atoms with Gasteiger partial charge in [-0.05, 0) is 42.2 Å². The molecule has 0 fully saturated rings. The second kappa shape index (κ2) is 8.10. The van der Waals surface area contributed by atoms with E-state index >= 15 is 0 Å². The first-order valence-corrected chi connectivity index (χ1v) is 9.63. The molecule has 1 unspecified atom stereocenters. The van der Waals surface area contributed by atoms with Gasteiger partial charge in [-0.3, -0.25) is 19.3 Å². The number of rotatable bonds is 5. The van der Waals surface area contributed by atoms with E-state index in [0.29, 0.717) is 5.69 Å².